The van der Waals surface area contributed by atoms with Crippen molar-refractivity contribution in [3.63, 3.8) is 0 Å². The molecule has 24 heavy (non-hydrogen) atoms. The number of nitrogens with one attached hydrogen (secondary N) is 1. The van der Waals surface area contributed by atoms with E-state index in [4.69, 9.17) is 9.72 Å². The van der Waals surface area contributed by atoms with Crippen LogP contribution in [0.25, 0.3) is 5.65 Å². The summed E-state index contributed by atoms with van der Waals surface area (Å²) in [6.07, 6.45) is 2.91. The Morgan fingerprint density at radius 3 is 2.50 bits per heavy atom. The van der Waals surface area contributed by atoms with Crippen LogP contribution in [0.5, 0.6) is 5.75 Å². The number of nitrogens with zero attached hydrogens (tertiary/aromatic N) is 2. The number of aromatic nitrogens is 2. The maximum Gasteiger partial charge on any atom is 0.181 e. The zero-order valence-electron chi connectivity index (χ0n) is 14.8. The molecule has 0 radical (unpaired) electrons. The Morgan fingerprint density at radius 2 is 1.83 bits per heavy atom. The maximum absolute atomic E-state index is 6.04. The van der Waals surface area contributed by atoms with Gasteiger partial charge in [0, 0.05) is 11.7 Å². The van der Waals surface area contributed by atoms with Crippen molar-refractivity contribution in [3.05, 3.63) is 59.9 Å². The molecule has 0 fully saturated rings. The molecule has 1 aromatic carbocycles. The van der Waals surface area contributed by atoms with E-state index in [1.807, 2.05) is 36.5 Å². The Hall–Kier alpha value is -2.49. The van der Waals surface area contributed by atoms with Crippen molar-refractivity contribution < 1.29 is 4.74 Å². The molecule has 0 unspecified atom stereocenters. The van der Waals surface area contributed by atoms with Gasteiger partial charge in [-0.2, -0.15) is 0 Å². The highest BCUT2D eigenvalue weighted by Gasteiger charge is 2.18. The van der Waals surface area contributed by atoms with Crippen LogP contribution < -0.4 is 10.1 Å². The summed E-state index contributed by atoms with van der Waals surface area (Å²) in [7, 11) is 0. The summed E-state index contributed by atoms with van der Waals surface area (Å²) in [6.45, 7) is 9.13. The number of hydrogen-bond acceptors (Lipinski definition) is 3. The quantitative estimate of drug-likeness (QED) is 0.740. The van der Waals surface area contributed by atoms with Gasteiger partial charge < -0.3 is 10.1 Å². The normalized spacial score (nSPS) is 11.7. The largest absolute Gasteiger partial charge is 0.485 e. The van der Waals surface area contributed by atoms with Gasteiger partial charge in [-0.15, -0.1) is 0 Å². The van der Waals surface area contributed by atoms with E-state index in [9.17, 15) is 0 Å². The third-order valence-electron chi connectivity index (χ3n) is 3.75. The molecular formula is C20H25N3O. The van der Waals surface area contributed by atoms with Crippen LogP contribution >= 0.6 is 0 Å². The van der Waals surface area contributed by atoms with Gasteiger partial charge in [-0.1, -0.05) is 37.3 Å². The molecule has 0 amide bonds. The lowest BCUT2D eigenvalue weighted by molar-refractivity contribution is 0.308. The Bertz CT molecular complexity index is 816. The summed E-state index contributed by atoms with van der Waals surface area (Å²) in [6, 6.07) is 14.2. The number of fused-ring (bicyclic) bond motifs is 1. The molecular weight excluding hydrogens is 298 g/mol. The van der Waals surface area contributed by atoms with Gasteiger partial charge >= 0.3 is 0 Å². The number of anilines is 1. The zero-order valence-corrected chi connectivity index (χ0v) is 14.8. The van der Waals surface area contributed by atoms with Crippen LogP contribution in [0.4, 0.5) is 5.82 Å². The van der Waals surface area contributed by atoms with Gasteiger partial charge in [-0.05, 0) is 44.9 Å². The first-order valence-electron chi connectivity index (χ1n) is 8.43. The van der Waals surface area contributed by atoms with Crippen molar-refractivity contribution in [2.24, 2.45) is 0 Å². The summed E-state index contributed by atoms with van der Waals surface area (Å²) < 4.78 is 8.12. The Morgan fingerprint density at radius 1 is 1.08 bits per heavy atom. The first-order chi connectivity index (χ1) is 11.5. The molecule has 0 saturated carbocycles. The van der Waals surface area contributed by atoms with Crippen molar-refractivity contribution in [1.29, 1.82) is 0 Å². The molecule has 0 aliphatic rings. The van der Waals surface area contributed by atoms with E-state index in [-0.39, 0.29) is 5.54 Å². The zero-order chi connectivity index (χ0) is 17.2. The smallest absolute Gasteiger partial charge is 0.181 e. The molecule has 0 saturated heterocycles. The predicted molar refractivity (Wildman–Crippen MR) is 98.7 cm³/mol. The fourth-order valence-electron chi connectivity index (χ4n) is 2.67. The number of rotatable bonds is 5. The molecule has 0 aliphatic carbocycles. The molecule has 1 N–H and O–H groups in total. The topological polar surface area (TPSA) is 38.6 Å². The molecule has 0 spiro atoms. The SMILES string of the molecule is CCc1nc2c(OCc3ccccc3)cccn2c1NC(C)(C)C. The summed E-state index contributed by atoms with van der Waals surface area (Å²) in [4.78, 5) is 4.80. The van der Waals surface area contributed by atoms with E-state index in [1.54, 1.807) is 0 Å². The van der Waals surface area contributed by atoms with Crippen LogP contribution in [-0.2, 0) is 13.0 Å². The number of ether oxygens (including phenoxy) is 1. The van der Waals surface area contributed by atoms with Crippen LogP contribution in [0.3, 0.4) is 0 Å². The Kier molecular flexibility index (Phi) is 4.47. The first kappa shape index (κ1) is 16.4. The van der Waals surface area contributed by atoms with Crippen molar-refractivity contribution in [1.82, 2.24) is 9.38 Å². The minimum atomic E-state index is -0.0270. The highest BCUT2D eigenvalue weighted by atomic mass is 16.5. The van der Waals surface area contributed by atoms with Crippen molar-refractivity contribution >= 4 is 11.5 Å². The highest BCUT2D eigenvalue weighted by Crippen LogP contribution is 2.28. The molecule has 3 rings (SSSR count). The van der Waals surface area contributed by atoms with E-state index >= 15 is 0 Å². The molecule has 2 heterocycles. The van der Waals surface area contributed by atoms with E-state index in [1.165, 1.54) is 0 Å². The third kappa shape index (κ3) is 3.53. The summed E-state index contributed by atoms with van der Waals surface area (Å²) in [5.41, 5.74) is 3.04. The average Bonchev–Trinajstić information content (AvgIpc) is 2.90. The fourth-order valence-corrected chi connectivity index (χ4v) is 2.67. The molecule has 2 aromatic heterocycles. The van der Waals surface area contributed by atoms with Gasteiger partial charge in [0.05, 0.1) is 5.69 Å². The van der Waals surface area contributed by atoms with Gasteiger partial charge in [0.1, 0.15) is 12.4 Å². The maximum atomic E-state index is 6.04. The van der Waals surface area contributed by atoms with E-state index in [2.05, 4.69) is 49.5 Å². The molecule has 3 aromatic rings. The molecule has 0 aliphatic heterocycles. The molecule has 4 nitrogen and oxygen atoms in total. The number of benzene rings is 1. The lowest BCUT2D eigenvalue weighted by atomic mass is 10.1. The van der Waals surface area contributed by atoms with Gasteiger partial charge in [-0.3, -0.25) is 4.40 Å². The van der Waals surface area contributed by atoms with Crippen molar-refractivity contribution in [3.8, 4) is 5.75 Å². The van der Waals surface area contributed by atoms with Gasteiger partial charge in [0.2, 0.25) is 0 Å². The van der Waals surface area contributed by atoms with E-state index in [0.29, 0.717) is 6.61 Å². The van der Waals surface area contributed by atoms with Crippen molar-refractivity contribution in [2.45, 2.75) is 46.3 Å². The summed E-state index contributed by atoms with van der Waals surface area (Å²) >= 11 is 0. The second kappa shape index (κ2) is 6.56. The minimum absolute atomic E-state index is 0.0270. The lowest BCUT2D eigenvalue weighted by Gasteiger charge is -2.22. The lowest BCUT2D eigenvalue weighted by Crippen LogP contribution is -2.27. The molecule has 0 bridgehead atoms. The Balaban J connectivity index is 1.95. The monoisotopic (exact) mass is 323 g/mol. The van der Waals surface area contributed by atoms with Crippen LogP contribution in [0, 0.1) is 0 Å². The van der Waals surface area contributed by atoms with E-state index < -0.39 is 0 Å². The number of aryl methyl sites for hydroxylation is 1. The number of pyridine rings is 1. The van der Waals surface area contributed by atoms with Gasteiger partial charge in [0.15, 0.2) is 11.4 Å². The summed E-state index contributed by atoms with van der Waals surface area (Å²) in [5, 5.41) is 3.57. The van der Waals surface area contributed by atoms with Crippen LogP contribution in [0.1, 0.15) is 39.0 Å². The first-order valence-corrected chi connectivity index (χ1v) is 8.43. The molecule has 126 valence electrons. The molecule has 0 atom stereocenters. The molecule has 4 heteroatoms. The van der Waals surface area contributed by atoms with Crippen molar-refractivity contribution in [2.75, 3.05) is 5.32 Å². The number of hydrogen-bond donors (Lipinski definition) is 1. The number of imidazole rings is 1. The second-order valence-electron chi connectivity index (χ2n) is 6.98. The fraction of sp³-hybridized carbons (Fsp3) is 0.350. The average molecular weight is 323 g/mol. The highest BCUT2D eigenvalue weighted by molar-refractivity contribution is 5.63. The Labute approximate surface area is 143 Å². The van der Waals surface area contributed by atoms with E-state index in [0.717, 1.165) is 34.9 Å². The summed E-state index contributed by atoms with van der Waals surface area (Å²) in [5.74, 6) is 1.85. The van der Waals surface area contributed by atoms with Crippen LogP contribution in [-0.4, -0.2) is 14.9 Å². The predicted octanol–water partition coefficient (Wildman–Crippen LogP) is 4.69. The van der Waals surface area contributed by atoms with Crippen LogP contribution in [0.2, 0.25) is 0 Å². The van der Waals surface area contributed by atoms with Gasteiger partial charge in [-0.25, -0.2) is 4.98 Å². The van der Waals surface area contributed by atoms with Gasteiger partial charge in [0.25, 0.3) is 0 Å². The standard InChI is InChI=1S/C20H25N3O/c1-5-16-18(22-20(2,3)4)23-13-9-12-17(19(23)21-16)24-14-15-10-7-6-8-11-15/h6-13,22H,5,14H2,1-4H3. The third-order valence-corrected chi connectivity index (χ3v) is 3.75. The minimum Gasteiger partial charge on any atom is -0.485 e. The van der Waals surface area contributed by atoms with Crippen LogP contribution in [0.15, 0.2) is 48.7 Å². The second-order valence-corrected chi connectivity index (χ2v) is 6.98.